The summed E-state index contributed by atoms with van der Waals surface area (Å²) in [7, 11) is 0. The van der Waals surface area contributed by atoms with Gasteiger partial charge >= 0.3 is 5.97 Å². The van der Waals surface area contributed by atoms with Crippen LogP contribution in [0.2, 0.25) is 5.15 Å². The number of nitrogens with one attached hydrogen (secondary N) is 1. The Kier molecular flexibility index (Phi) is 3.75. The lowest BCUT2D eigenvalue weighted by molar-refractivity contribution is -0.131. The molecule has 7 heteroatoms. The highest BCUT2D eigenvalue weighted by Crippen LogP contribution is 2.08. The Morgan fingerprint density at radius 3 is 2.73 bits per heavy atom. The molecule has 0 aliphatic rings. The van der Waals surface area contributed by atoms with Crippen LogP contribution in [0.25, 0.3) is 0 Å². The summed E-state index contributed by atoms with van der Waals surface area (Å²) in [5.74, 6) is -1.60. The van der Waals surface area contributed by atoms with Gasteiger partial charge in [-0.25, -0.2) is 14.8 Å². The van der Waals surface area contributed by atoms with E-state index in [9.17, 15) is 9.59 Å². The van der Waals surface area contributed by atoms with Crippen molar-refractivity contribution >= 4 is 29.3 Å². The highest BCUT2D eigenvalue weighted by molar-refractivity contribution is 6.29. The van der Waals surface area contributed by atoms with Crippen LogP contribution >= 0.6 is 11.6 Å². The number of aromatic nitrogens is 2. The number of nitrogens with zero attached hydrogens (tertiary/aromatic N) is 2. The normalized spacial score (nSPS) is 10.2. The van der Waals surface area contributed by atoms with Crippen LogP contribution in [0.3, 0.4) is 0 Å². The maximum Gasteiger partial charge on any atom is 0.328 e. The van der Waals surface area contributed by atoms with Crippen molar-refractivity contribution in [2.24, 2.45) is 0 Å². The molecular formula is C8H6ClN3O3. The minimum Gasteiger partial charge on any atom is -0.478 e. The zero-order valence-corrected chi connectivity index (χ0v) is 8.10. The number of amides is 1. The lowest BCUT2D eigenvalue weighted by Crippen LogP contribution is -2.10. The van der Waals surface area contributed by atoms with Gasteiger partial charge in [0, 0.05) is 18.2 Å². The standard InChI is InChI=1S/C8H6ClN3O3/c9-5-3-6(11-4-10-5)12-7(13)1-2-8(14)15/h1-4H,(H,14,15)(H,10,11,12,13)/b2-1-. The molecule has 0 fully saturated rings. The average molecular weight is 228 g/mol. The van der Waals surface area contributed by atoms with Gasteiger partial charge in [0.25, 0.3) is 0 Å². The monoisotopic (exact) mass is 227 g/mol. The second kappa shape index (κ2) is 5.06. The molecule has 15 heavy (non-hydrogen) atoms. The fourth-order valence-corrected chi connectivity index (χ4v) is 0.864. The van der Waals surface area contributed by atoms with Gasteiger partial charge in [-0.15, -0.1) is 0 Å². The van der Waals surface area contributed by atoms with Crippen LogP contribution in [0.15, 0.2) is 24.5 Å². The summed E-state index contributed by atoms with van der Waals surface area (Å²) in [6.07, 6.45) is 2.77. The summed E-state index contributed by atoms with van der Waals surface area (Å²) in [6.45, 7) is 0. The molecule has 0 aliphatic heterocycles. The highest BCUT2D eigenvalue weighted by Gasteiger charge is 2.00. The molecule has 6 nitrogen and oxygen atoms in total. The maximum absolute atomic E-state index is 11.1. The number of rotatable bonds is 3. The molecule has 1 aromatic rings. The van der Waals surface area contributed by atoms with Gasteiger partial charge in [0.2, 0.25) is 5.91 Å². The van der Waals surface area contributed by atoms with Crippen LogP contribution in [-0.2, 0) is 9.59 Å². The molecule has 78 valence electrons. The molecule has 0 radical (unpaired) electrons. The first-order valence-electron chi connectivity index (χ1n) is 3.77. The number of carbonyl (C=O) groups is 2. The first-order valence-corrected chi connectivity index (χ1v) is 4.15. The molecule has 0 saturated carbocycles. The fourth-order valence-electron chi connectivity index (χ4n) is 0.717. The predicted molar refractivity (Wildman–Crippen MR) is 52.4 cm³/mol. The smallest absolute Gasteiger partial charge is 0.328 e. The molecular weight excluding hydrogens is 222 g/mol. The molecule has 1 aromatic heterocycles. The third-order valence-corrected chi connectivity index (χ3v) is 1.47. The summed E-state index contributed by atoms with van der Waals surface area (Å²) < 4.78 is 0. The number of aliphatic carboxylic acids is 1. The fraction of sp³-hybridized carbons (Fsp3) is 0. The first kappa shape index (κ1) is 11.1. The lowest BCUT2D eigenvalue weighted by atomic mass is 10.4. The zero-order chi connectivity index (χ0) is 11.3. The molecule has 1 heterocycles. The van der Waals surface area contributed by atoms with Gasteiger partial charge < -0.3 is 10.4 Å². The van der Waals surface area contributed by atoms with Crippen molar-refractivity contribution in [2.45, 2.75) is 0 Å². The van der Waals surface area contributed by atoms with Crippen molar-refractivity contribution in [1.29, 1.82) is 0 Å². The summed E-state index contributed by atoms with van der Waals surface area (Å²) in [4.78, 5) is 28.5. The van der Waals surface area contributed by atoms with Crippen LogP contribution in [0.1, 0.15) is 0 Å². The average Bonchev–Trinajstić information content (AvgIpc) is 2.15. The van der Waals surface area contributed by atoms with E-state index in [4.69, 9.17) is 16.7 Å². The number of anilines is 1. The van der Waals surface area contributed by atoms with E-state index >= 15 is 0 Å². The first-order chi connectivity index (χ1) is 7.08. The van der Waals surface area contributed by atoms with Crippen molar-refractivity contribution < 1.29 is 14.7 Å². The van der Waals surface area contributed by atoms with Crippen molar-refractivity contribution in [3.05, 3.63) is 29.7 Å². The van der Waals surface area contributed by atoms with Crippen molar-refractivity contribution in [3.8, 4) is 0 Å². The number of halogens is 1. The van der Waals surface area contributed by atoms with Crippen LogP contribution in [0.4, 0.5) is 5.82 Å². The number of hydrogen-bond acceptors (Lipinski definition) is 4. The summed E-state index contributed by atoms with van der Waals surface area (Å²) in [6, 6.07) is 1.34. The van der Waals surface area contributed by atoms with E-state index < -0.39 is 11.9 Å². The maximum atomic E-state index is 11.1. The van der Waals surface area contributed by atoms with Crippen LogP contribution in [0, 0.1) is 0 Å². The second-order valence-electron chi connectivity index (χ2n) is 2.39. The topological polar surface area (TPSA) is 92.2 Å². The molecule has 0 atom stereocenters. The largest absolute Gasteiger partial charge is 0.478 e. The Hall–Kier alpha value is -1.95. The van der Waals surface area contributed by atoms with Crippen LogP contribution < -0.4 is 5.32 Å². The van der Waals surface area contributed by atoms with Gasteiger partial charge in [0.1, 0.15) is 17.3 Å². The quantitative estimate of drug-likeness (QED) is 0.586. The van der Waals surface area contributed by atoms with Crippen LogP contribution in [-0.4, -0.2) is 27.0 Å². The van der Waals surface area contributed by atoms with Gasteiger partial charge in [-0.3, -0.25) is 4.79 Å². The van der Waals surface area contributed by atoms with Gasteiger partial charge in [0.15, 0.2) is 0 Å². The van der Waals surface area contributed by atoms with Gasteiger partial charge in [-0.2, -0.15) is 0 Å². The SMILES string of the molecule is O=C(O)/C=C\C(=O)Nc1cc(Cl)ncn1. The molecule has 1 rings (SSSR count). The minimum absolute atomic E-state index is 0.183. The van der Waals surface area contributed by atoms with E-state index in [1.807, 2.05) is 0 Å². The van der Waals surface area contributed by atoms with Gasteiger partial charge in [-0.05, 0) is 0 Å². The summed E-state index contributed by atoms with van der Waals surface area (Å²) in [5, 5.41) is 10.8. The highest BCUT2D eigenvalue weighted by atomic mass is 35.5. The van der Waals surface area contributed by atoms with E-state index in [-0.39, 0.29) is 11.0 Å². The Morgan fingerprint density at radius 2 is 2.13 bits per heavy atom. The molecule has 0 unspecified atom stereocenters. The Balaban J connectivity index is 2.63. The van der Waals surface area contributed by atoms with E-state index in [1.54, 1.807) is 0 Å². The third-order valence-electron chi connectivity index (χ3n) is 1.26. The molecule has 2 N–H and O–H groups in total. The molecule has 0 bridgehead atoms. The van der Waals surface area contributed by atoms with Gasteiger partial charge in [0.05, 0.1) is 0 Å². The number of carboxylic acids is 1. The Bertz CT molecular complexity index is 419. The molecule has 0 aromatic carbocycles. The zero-order valence-electron chi connectivity index (χ0n) is 7.35. The summed E-state index contributed by atoms with van der Waals surface area (Å²) >= 11 is 5.54. The van der Waals surface area contributed by atoms with E-state index in [0.717, 1.165) is 12.2 Å². The van der Waals surface area contributed by atoms with Gasteiger partial charge in [-0.1, -0.05) is 11.6 Å². The molecule has 1 amide bonds. The molecule has 0 saturated heterocycles. The van der Waals surface area contributed by atoms with E-state index in [2.05, 4.69) is 15.3 Å². The number of carboxylic acid groups (broad SMARTS) is 1. The van der Waals surface area contributed by atoms with Crippen molar-refractivity contribution in [3.63, 3.8) is 0 Å². The summed E-state index contributed by atoms with van der Waals surface area (Å²) in [5.41, 5.74) is 0. The van der Waals surface area contributed by atoms with Crippen LogP contribution in [0.5, 0.6) is 0 Å². The van der Waals surface area contributed by atoms with Crippen molar-refractivity contribution in [1.82, 2.24) is 9.97 Å². The van der Waals surface area contributed by atoms with E-state index in [1.165, 1.54) is 12.4 Å². The number of carbonyl (C=O) groups excluding carboxylic acids is 1. The van der Waals surface area contributed by atoms with Crippen molar-refractivity contribution in [2.75, 3.05) is 5.32 Å². The minimum atomic E-state index is -1.20. The van der Waals surface area contributed by atoms with E-state index in [0.29, 0.717) is 0 Å². The predicted octanol–water partition coefficient (Wildman–Crippen LogP) is 0.709. The lowest BCUT2D eigenvalue weighted by Gasteiger charge is -1.99. The Morgan fingerprint density at radius 1 is 1.40 bits per heavy atom. The molecule has 0 spiro atoms. The molecule has 0 aliphatic carbocycles. The second-order valence-corrected chi connectivity index (χ2v) is 2.77. The Labute approximate surface area is 89.6 Å². The third kappa shape index (κ3) is 4.19. The number of hydrogen-bond donors (Lipinski definition) is 2.